The zero-order valence-electron chi connectivity index (χ0n) is 14.5. The van der Waals surface area contributed by atoms with E-state index in [2.05, 4.69) is 38.0 Å². The average Bonchev–Trinajstić information content (AvgIpc) is 3.14. The molecule has 0 radical (unpaired) electrons. The first-order valence-electron chi connectivity index (χ1n) is 8.38. The lowest BCUT2D eigenvalue weighted by Gasteiger charge is -2.22. The van der Waals surface area contributed by atoms with Crippen molar-refractivity contribution >= 4 is 39.2 Å². The summed E-state index contributed by atoms with van der Waals surface area (Å²) in [4.78, 5) is 8.85. The molecule has 0 N–H and O–H groups in total. The van der Waals surface area contributed by atoms with Gasteiger partial charge in [0, 0.05) is 23.8 Å². The molecule has 1 atom stereocenters. The first kappa shape index (κ1) is 17.9. The maximum atomic E-state index is 6.02. The Bertz CT molecular complexity index is 959. The van der Waals surface area contributed by atoms with E-state index in [0.717, 1.165) is 33.5 Å². The topological polar surface area (TPSA) is 50.6 Å². The van der Waals surface area contributed by atoms with Crippen LogP contribution >= 0.6 is 27.5 Å². The van der Waals surface area contributed by atoms with Crippen molar-refractivity contribution in [1.29, 1.82) is 0 Å². The van der Waals surface area contributed by atoms with Crippen molar-refractivity contribution in [3.05, 3.63) is 81.5 Å². The Morgan fingerprint density at radius 1 is 1.04 bits per heavy atom. The fraction of sp³-hybridized carbons (Fsp3) is 0.150. The highest BCUT2D eigenvalue weighted by molar-refractivity contribution is 9.10. The lowest BCUT2D eigenvalue weighted by Crippen LogP contribution is -2.20. The van der Waals surface area contributed by atoms with Gasteiger partial charge in [0.05, 0.1) is 23.3 Å². The van der Waals surface area contributed by atoms with Crippen molar-refractivity contribution in [3.63, 3.8) is 0 Å². The van der Waals surface area contributed by atoms with Gasteiger partial charge < -0.3 is 4.74 Å². The quantitative estimate of drug-likeness (QED) is 0.552. The van der Waals surface area contributed by atoms with E-state index in [-0.39, 0.29) is 6.04 Å². The maximum absolute atomic E-state index is 6.02. The third kappa shape index (κ3) is 3.82. The van der Waals surface area contributed by atoms with Gasteiger partial charge >= 0.3 is 0 Å². The Morgan fingerprint density at radius 2 is 1.70 bits per heavy atom. The third-order valence-corrected chi connectivity index (χ3v) is 5.06. The summed E-state index contributed by atoms with van der Waals surface area (Å²) in [6.07, 6.45) is 4.19. The van der Waals surface area contributed by atoms with Crippen LogP contribution in [0.3, 0.4) is 0 Å². The van der Waals surface area contributed by atoms with Gasteiger partial charge in [-0.15, -0.1) is 0 Å². The van der Waals surface area contributed by atoms with E-state index >= 15 is 0 Å². The van der Waals surface area contributed by atoms with Crippen LogP contribution in [0.4, 0.5) is 5.95 Å². The summed E-state index contributed by atoms with van der Waals surface area (Å²) in [6.45, 7) is 0. The van der Waals surface area contributed by atoms with Gasteiger partial charge in [0.1, 0.15) is 5.75 Å². The predicted molar refractivity (Wildman–Crippen MR) is 111 cm³/mol. The van der Waals surface area contributed by atoms with Crippen LogP contribution in [0.1, 0.15) is 23.6 Å². The van der Waals surface area contributed by atoms with Gasteiger partial charge in [-0.1, -0.05) is 35.9 Å². The first-order chi connectivity index (χ1) is 13.1. The number of halogens is 2. The Balaban J connectivity index is 1.72. The number of aromatic nitrogens is 2. The fourth-order valence-corrected chi connectivity index (χ4v) is 3.35. The van der Waals surface area contributed by atoms with Gasteiger partial charge in [-0.05, 0) is 51.3 Å². The highest BCUT2D eigenvalue weighted by Crippen LogP contribution is 2.35. The third-order valence-electron chi connectivity index (χ3n) is 4.40. The van der Waals surface area contributed by atoms with E-state index in [1.807, 2.05) is 41.4 Å². The van der Waals surface area contributed by atoms with Gasteiger partial charge in [-0.2, -0.15) is 5.10 Å². The van der Waals surface area contributed by atoms with Crippen molar-refractivity contribution < 1.29 is 4.74 Å². The Hall–Kier alpha value is -2.44. The van der Waals surface area contributed by atoms with Crippen LogP contribution in [0.2, 0.25) is 5.02 Å². The van der Waals surface area contributed by atoms with Crippen LogP contribution in [-0.4, -0.2) is 22.8 Å². The predicted octanol–water partition coefficient (Wildman–Crippen LogP) is 5.26. The van der Waals surface area contributed by atoms with Crippen LogP contribution in [0, 0.1) is 0 Å². The van der Waals surface area contributed by atoms with Crippen LogP contribution in [0.25, 0.3) is 0 Å². The standard InChI is InChI=1S/C20H16BrClN4O/c1-27-17-8-4-14(5-9-17)19-10-18(13-2-6-16(22)7-3-13)25-26(19)20-23-11-15(21)12-24-20/h2-9,11-12,19H,10H2,1H3/t19-/m1/s1. The molecule has 0 saturated carbocycles. The number of hydrogen-bond acceptors (Lipinski definition) is 5. The fourth-order valence-electron chi connectivity index (χ4n) is 3.02. The molecule has 7 heteroatoms. The highest BCUT2D eigenvalue weighted by atomic mass is 79.9. The summed E-state index contributed by atoms with van der Waals surface area (Å²) in [6, 6.07) is 15.7. The molecule has 0 fully saturated rings. The van der Waals surface area contributed by atoms with E-state index in [1.54, 1.807) is 19.5 Å². The van der Waals surface area contributed by atoms with Crippen molar-refractivity contribution in [2.45, 2.75) is 12.5 Å². The highest BCUT2D eigenvalue weighted by Gasteiger charge is 2.31. The van der Waals surface area contributed by atoms with Crippen LogP contribution < -0.4 is 9.75 Å². The smallest absolute Gasteiger partial charge is 0.246 e. The van der Waals surface area contributed by atoms with Crippen molar-refractivity contribution in [2.75, 3.05) is 12.1 Å². The summed E-state index contributed by atoms with van der Waals surface area (Å²) < 4.78 is 6.10. The van der Waals surface area contributed by atoms with Gasteiger partial charge in [0.25, 0.3) is 0 Å². The zero-order valence-corrected chi connectivity index (χ0v) is 16.9. The summed E-state index contributed by atoms with van der Waals surface area (Å²) in [7, 11) is 1.66. The van der Waals surface area contributed by atoms with Gasteiger partial charge in [-0.25, -0.2) is 15.0 Å². The molecule has 2 aromatic carbocycles. The largest absolute Gasteiger partial charge is 0.497 e. The molecule has 0 unspecified atom stereocenters. The van der Waals surface area contributed by atoms with Crippen LogP contribution in [-0.2, 0) is 0 Å². The molecular weight excluding hydrogens is 428 g/mol. The molecule has 0 bridgehead atoms. The van der Waals surface area contributed by atoms with Crippen LogP contribution in [0.15, 0.2) is 70.5 Å². The summed E-state index contributed by atoms with van der Waals surface area (Å²) in [5, 5.41) is 7.40. The number of anilines is 1. The minimum Gasteiger partial charge on any atom is -0.497 e. The number of rotatable bonds is 4. The molecule has 4 rings (SSSR count). The van der Waals surface area contributed by atoms with E-state index in [1.165, 1.54) is 0 Å². The molecule has 0 aliphatic carbocycles. The second kappa shape index (κ2) is 7.66. The first-order valence-corrected chi connectivity index (χ1v) is 9.55. The molecular formula is C20H16BrClN4O. The summed E-state index contributed by atoms with van der Waals surface area (Å²) in [5.41, 5.74) is 3.13. The molecule has 0 spiro atoms. The number of hydrazone groups is 1. The SMILES string of the molecule is COc1ccc([C@H]2CC(c3ccc(Cl)cc3)=NN2c2ncc(Br)cn2)cc1. The van der Waals surface area contributed by atoms with E-state index in [9.17, 15) is 0 Å². The summed E-state index contributed by atoms with van der Waals surface area (Å²) in [5.74, 6) is 1.38. The second-order valence-electron chi connectivity index (χ2n) is 6.09. The number of hydrogen-bond donors (Lipinski definition) is 0. The van der Waals surface area contributed by atoms with Crippen molar-refractivity contribution in [2.24, 2.45) is 5.10 Å². The Morgan fingerprint density at radius 3 is 2.33 bits per heavy atom. The number of benzene rings is 2. The molecule has 1 aromatic heterocycles. The monoisotopic (exact) mass is 442 g/mol. The van der Waals surface area contributed by atoms with E-state index in [0.29, 0.717) is 11.0 Å². The van der Waals surface area contributed by atoms with Crippen molar-refractivity contribution in [1.82, 2.24) is 9.97 Å². The molecule has 3 aromatic rings. The second-order valence-corrected chi connectivity index (χ2v) is 7.44. The van der Waals surface area contributed by atoms with E-state index < -0.39 is 0 Å². The normalized spacial score (nSPS) is 16.3. The van der Waals surface area contributed by atoms with Crippen molar-refractivity contribution in [3.8, 4) is 5.75 Å². The molecule has 2 heterocycles. The number of methoxy groups -OCH3 is 1. The maximum Gasteiger partial charge on any atom is 0.246 e. The number of nitrogens with zero attached hydrogens (tertiary/aromatic N) is 4. The minimum absolute atomic E-state index is 0.00256. The van der Waals surface area contributed by atoms with E-state index in [4.69, 9.17) is 21.4 Å². The number of ether oxygens (including phenoxy) is 1. The molecule has 1 aliphatic rings. The van der Waals surface area contributed by atoms with Gasteiger partial charge in [0.2, 0.25) is 5.95 Å². The summed E-state index contributed by atoms with van der Waals surface area (Å²) >= 11 is 9.40. The molecule has 27 heavy (non-hydrogen) atoms. The molecule has 0 saturated heterocycles. The Labute approximate surface area is 170 Å². The molecule has 1 aliphatic heterocycles. The lowest BCUT2D eigenvalue weighted by molar-refractivity contribution is 0.414. The zero-order chi connectivity index (χ0) is 18.8. The molecule has 136 valence electrons. The van der Waals surface area contributed by atoms with Gasteiger partial charge in [-0.3, -0.25) is 0 Å². The minimum atomic E-state index is 0.00256. The molecule has 5 nitrogen and oxygen atoms in total. The Kier molecular flexibility index (Phi) is 5.09. The average molecular weight is 444 g/mol. The lowest BCUT2D eigenvalue weighted by atomic mass is 9.98. The van der Waals surface area contributed by atoms with Crippen LogP contribution in [0.5, 0.6) is 5.75 Å². The molecule has 0 amide bonds. The van der Waals surface area contributed by atoms with Gasteiger partial charge in [0.15, 0.2) is 0 Å².